The molecule has 6 nitrogen and oxygen atoms in total. The molecule has 168 valence electrons. The van der Waals surface area contributed by atoms with Gasteiger partial charge in [-0.1, -0.05) is 41.4 Å². The molecule has 1 aliphatic rings. The zero-order chi connectivity index (χ0) is 22.7. The predicted octanol–water partition coefficient (Wildman–Crippen LogP) is 4.52. The average molecular weight is 474 g/mol. The summed E-state index contributed by atoms with van der Waals surface area (Å²) in [7, 11) is 0. The van der Waals surface area contributed by atoms with E-state index in [-0.39, 0.29) is 12.6 Å². The first-order chi connectivity index (χ1) is 15.5. The summed E-state index contributed by atoms with van der Waals surface area (Å²) in [5.74, 6) is -0.637. The third-order valence-electron chi connectivity index (χ3n) is 6.07. The Kier molecular flexibility index (Phi) is 7.18. The van der Waals surface area contributed by atoms with Crippen LogP contribution in [0.4, 0.5) is 0 Å². The van der Waals surface area contributed by atoms with E-state index in [0.29, 0.717) is 22.2 Å². The molecule has 0 saturated carbocycles. The summed E-state index contributed by atoms with van der Waals surface area (Å²) in [6, 6.07) is 10.2. The standard InChI is InChI=1S/C24H25Cl2N3O3/c25-23-16(6-8-21(31)28-32)13-15-5-7-20(22(15)24(23)26)29(11-12-30)10-9-17-14-27-19-4-2-1-3-18(17)19/h1-4,6,8,13-14,20,27,30,32H,5,7,9-12H2,(H,28,31)/b8-6+. The summed E-state index contributed by atoms with van der Waals surface area (Å²) in [5, 5.41) is 20.5. The SMILES string of the molecule is O=C(/C=C/c1cc2c(c(Cl)c1Cl)C(N(CCO)CCc1c[nH]c3ccccc13)CC2)NO. The number of aliphatic hydroxyl groups excluding tert-OH is 1. The second-order valence-corrected chi connectivity index (χ2v) is 8.66. The second-order valence-electron chi connectivity index (χ2n) is 7.90. The molecule has 0 aliphatic heterocycles. The minimum Gasteiger partial charge on any atom is -0.395 e. The molecule has 0 radical (unpaired) electrons. The molecule has 0 spiro atoms. The van der Waals surface area contributed by atoms with Crippen LogP contribution in [-0.2, 0) is 17.6 Å². The lowest BCUT2D eigenvalue weighted by Gasteiger charge is -2.30. The predicted molar refractivity (Wildman–Crippen MR) is 127 cm³/mol. The normalized spacial score (nSPS) is 15.7. The Morgan fingerprint density at radius 3 is 2.84 bits per heavy atom. The van der Waals surface area contributed by atoms with Gasteiger partial charge in [-0.3, -0.25) is 14.9 Å². The topological polar surface area (TPSA) is 88.6 Å². The van der Waals surface area contributed by atoms with Crippen LogP contribution < -0.4 is 5.48 Å². The molecule has 4 rings (SSSR count). The van der Waals surface area contributed by atoms with Crippen LogP contribution in [0, 0.1) is 0 Å². The smallest absolute Gasteiger partial charge is 0.267 e. The third-order valence-corrected chi connectivity index (χ3v) is 6.97. The molecule has 0 fully saturated rings. The Bertz CT molecular complexity index is 1160. The maximum Gasteiger partial charge on any atom is 0.267 e. The molecule has 2 aromatic carbocycles. The zero-order valence-corrected chi connectivity index (χ0v) is 19.0. The van der Waals surface area contributed by atoms with Crippen LogP contribution in [-0.4, -0.2) is 45.8 Å². The number of para-hydroxylation sites is 1. The molecule has 0 saturated heterocycles. The number of rotatable bonds is 8. The molecule has 1 aromatic heterocycles. The fourth-order valence-electron chi connectivity index (χ4n) is 4.56. The molecule has 1 unspecified atom stereocenters. The Hall–Kier alpha value is -2.35. The third kappa shape index (κ3) is 4.56. The van der Waals surface area contributed by atoms with Crippen LogP contribution in [0.25, 0.3) is 17.0 Å². The first-order valence-corrected chi connectivity index (χ1v) is 11.3. The van der Waals surface area contributed by atoms with Gasteiger partial charge in [-0.15, -0.1) is 0 Å². The zero-order valence-electron chi connectivity index (χ0n) is 17.4. The highest BCUT2D eigenvalue weighted by atomic mass is 35.5. The molecular formula is C24H25Cl2N3O3. The van der Waals surface area contributed by atoms with Crippen molar-refractivity contribution >= 4 is 46.1 Å². The van der Waals surface area contributed by atoms with Crippen LogP contribution in [0.3, 0.4) is 0 Å². The summed E-state index contributed by atoms with van der Waals surface area (Å²) in [5.41, 5.74) is 6.63. The van der Waals surface area contributed by atoms with Crippen LogP contribution in [0.2, 0.25) is 10.0 Å². The molecule has 1 atom stereocenters. The van der Waals surface area contributed by atoms with Crippen LogP contribution in [0.5, 0.6) is 0 Å². The van der Waals surface area contributed by atoms with E-state index in [1.807, 2.05) is 18.2 Å². The summed E-state index contributed by atoms with van der Waals surface area (Å²) in [6.07, 6.45) is 7.35. The first kappa shape index (κ1) is 22.8. The van der Waals surface area contributed by atoms with Crippen molar-refractivity contribution in [2.75, 3.05) is 19.7 Å². The molecule has 4 N–H and O–H groups in total. The number of carbonyl (C=O) groups excluding carboxylic acids is 1. The minimum absolute atomic E-state index is 0.0577. The van der Waals surface area contributed by atoms with Gasteiger partial charge >= 0.3 is 0 Å². The molecule has 1 aliphatic carbocycles. The van der Waals surface area contributed by atoms with Gasteiger partial charge in [0.15, 0.2) is 0 Å². The average Bonchev–Trinajstić information content (AvgIpc) is 3.42. The van der Waals surface area contributed by atoms with Crippen molar-refractivity contribution in [3.63, 3.8) is 0 Å². The van der Waals surface area contributed by atoms with E-state index in [1.54, 1.807) is 5.48 Å². The summed E-state index contributed by atoms with van der Waals surface area (Å²) in [6.45, 7) is 1.37. The van der Waals surface area contributed by atoms with E-state index in [4.69, 9.17) is 28.4 Å². The van der Waals surface area contributed by atoms with Gasteiger partial charge in [0, 0.05) is 42.3 Å². The monoisotopic (exact) mass is 473 g/mol. The van der Waals surface area contributed by atoms with Gasteiger partial charge in [0.2, 0.25) is 0 Å². The number of amides is 1. The minimum atomic E-state index is -0.637. The number of H-pyrrole nitrogens is 1. The highest BCUT2D eigenvalue weighted by Crippen LogP contribution is 2.44. The molecule has 3 aromatic rings. The van der Waals surface area contributed by atoms with Gasteiger partial charge in [0.1, 0.15) is 0 Å². The number of aryl methyl sites for hydroxylation is 1. The largest absolute Gasteiger partial charge is 0.395 e. The summed E-state index contributed by atoms with van der Waals surface area (Å²) < 4.78 is 0. The van der Waals surface area contributed by atoms with E-state index in [1.165, 1.54) is 23.1 Å². The number of benzene rings is 2. The Morgan fingerprint density at radius 2 is 2.06 bits per heavy atom. The van der Waals surface area contributed by atoms with E-state index in [9.17, 15) is 9.90 Å². The summed E-state index contributed by atoms with van der Waals surface area (Å²) >= 11 is 13.2. The quantitative estimate of drug-likeness (QED) is 0.220. The van der Waals surface area contributed by atoms with E-state index in [0.717, 1.165) is 42.5 Å². The number of aromatic nitrogens is 1. The fraction of sp³-hybridized carbons (Fsp3) is 0.292. The van der Waals surface area contributed by atoms with Crippen LogP contribution in [0.15, 0.2) is 42.6 Å². The Labute approximate surface area is 196 Å². The van der Waals surface area contributed by atoms with Crippen molar-refractivity contribution in [2.24, 2.45) is 0 Å². The number of hydrogen-bond acceptors (Lipinski definition) is 4. The molecule has 1 heterocycles. The highest BCUT2D eigenvalue weighted by Gasteiger charge is 2.31. The number of hydrogen-bond donors (Lipinski definition) is 4. The lowest BCUT2D eigenvalue weighted by Crippen LogP contribution is -2.32. The highest BCUT2D eigenvalue weighted by molar-refractivity contribution is 6.43. The maximum absolute atomic E-state index is 11.3. The molecular weight excluding hydrogens is 449 g/mol. The van der Waals surface area contributed by atoms with Crippen molar-refractivity contribution in [3.05, 3.63) is 74.9 Å². The number of nitrogens with one attached hydrogen (secondary N) is 2. The van der Waals surface area contributed by atoms with E-state index in [2.05, 4.69) is 28.2 Å². The lowest BCUT2D eigenvalue weighted by molar-refractivity contribution is -0.124. The van der Waals surface area contributed by atoms with Gasteiger partial charge in [0.05, 0.1) is 16.7 Å². The number of halogens is 2. The number of hydroxylamine groups is 1. The van der Waals surface area contributed by atoms with E-state index < -0.39 is 5.91 Å². The van der Waals surface area contributed by atoms with Crippen molar-refractivity contribution in [3.8, 4) is 0 Å². The van der Waals surface area contributed by atoms with E-state index >= 15 is 0 Å². The second kappa shape index (κ2) is 10.1. The number of aromatic amines is 1. The van der Waals surface area contributed by atoms with Crippen LogP contribution >= 0.6 is 23.2 Å². The Morgan fingerprint density at radius 1 is 1.25 bits per heavy atom. The lowest BCUT2D eigenvalue weighted by atomic mass is 10.0. The van der Waals surface area contributed by atoms with Gasteiger partial charge < -0.3 is 10.1 Å². The van der Waals surface area contributed by atoms with Gasteiger partial charge in [-0.25, -0.2) is 5.48 Å². The molecule has 1 amide bonds. The Balaban J connectivity index is 1.58. The number of aliphatic hydroxyl groups is 1. The van der Waals surface area contributed by atoms with Gasteiger partial charge in [-0.2, -0.15) is 0 Å². The molecule has 8 heteroatoms. The van der Waals surface area contributed by atoms with Crippen molar-refractivity contribution in [1.82, 2.24) is 15.4 Å². The number of nitrogens with zero attached hydrogens (tertiary/aromatic N) is 1. The van der Waals surface area contributed by atoms with Crippen molar-refractivity contribution in [2.45, 2.75) is 25.3 Å². The van der Waals surface area contributed by atoms with Crippen molar-refractivity contribution in [1.29, 1.82) is 0 Å². The fourth-order valence-corrected chi connectivity index (χ4v) is 5.14. The number of carbonyl (C=O) groups is 1. The first-order valence-electron chi connectivity index (χ1n) is 10.6. The number of fused-ring (bicyclic) bond motifs is 2. The maximum atomic E-state index is 11.3. The summed E-state index contributed by atoms with van der Waals surface area (Å²) in [4.78, 5) is 16.9. The van der Waals surface area contributed by atoms with Crippen LogP contribution in [0.1, 0.15) is 34.7 Å². The van der Waals surface area contributed by atoms with Gasteiger partial charge in [0.25, 0.3) is 5.91 Å². The molecule has 32 heavy (non-hydrogen) atoms. The van der Waals surface area contributed by atoms with Gasteiger partial charge in [-0.05, 0) is 59.7 Å². The molecule has 0 bridgehead atoms. The van der Waals surface area contributed by atoms with Crippen molar-refractivity contribution < 1.29 is 15.1 Å².